The maximum atomic E-state index is 12.5. The van der Waals surface area contributed by atoms with E-state index in [2.05, 4.69) is 4.90 Å². The highest BCUT2D eigenvalue weighted by atomic mass is 16.5. The SMILES string of the molecule is COC(=O)c1cccc(CN2CCN(C(=O)N3CCOCC3)CC2)c1. The van der Waals surface area contributed by atoms with Gasteiger partial charge in [0.05, 0.1) is 25.9 Å². The minimum Gasteiger partial charge on any atom is -0.465 e. The fourth-order valence-corrected chi connectivity index (χ4v) is 3.22. The summed E-state index contributed by atoms with van der Waals surface area (Å²) in [5, 5.41) is 0. The zero-order valence-electron chi connectivity index (χ0n) is 14.6. The number of piperazine rings is 1. The average Bonchev–Trinajstić information content (AvgIpc) is 2.68. The summed E-state index contributed by atoms with van der Waals surface area (Å²) >= 11 is 0. The molecule has 0 aromatic heterocycles. The lowest BCUT2D eigenvalue weighted by atomic mass is 10.1. The van der Waals surface area contributed by atoms with Crippen LogP contribution in [0.25, 0.3) is 0 Å². The van der Waals surface area contributed by atoms with Crippen molar-refractivity contribution in [2.75, 3.05) is 59.6 Å². The second-order valence-corrected chi connectivity index (χ2v) is 6.34. The fourth-order valence-electron chi connectivity index (χ4n) is 3.22. The second kappa shape index (κ2) is 8.31. The topological polar surface area (TPSA) is 62.3 Å². The van der Waals surface area contributed by atoms with Crippen molar-refractivity contribution >= 4 is 12.0 Å². The van der Waals surface area contributed by atoms with Gasteiger partial charge in [0.1, 0.15) is 0 Å². The molecule has 136 valence electrons. The van der Waals surface area contributed by atoms with E-state index >= 15 is 0 Å². The molecule has 7 heteroatoms. The summed E-state index contributed by atoms with van der Waals surface area (Å²) in [4.78, 5) is 30.2. The van der Waals surface area contributed by atoms with E-state index in [1.165, 1.54) is 7.11 Å². The van der Waals surface area contributed by atoms with Crippen molar-refractivity contribution < 1.29 is 19.1 Å². The summed E-state index contributed by atoms with van der Waals surface area (Å²) < 4.78 is 10.1. The Labute approximate surface area is 148 Å². The molecule has 0 bridgehead atoms. The molecule has 0 aliphatic carbocycles. The quantitative estimate of drug-likeness (QED) is 0.765. The number of benzene rings is 1. The highest BCUT2D eigenvalue weighted by Gasteiger charge is 2.26. The molecule has 2 saturated heterocycles. The van der Waals surface area contributed by atoms with E-state index in [1.807, 2.05) is 28.0 Å². The first-order valence-corrected chi connectivity index (χ1v) is 8.68. The number of esters is 1. The third-order valence-electron chi connectivity index (χ3n) is 4.68. The van der Waals surface area contributed by atoms with Gasteiger partial charge in [-0.3, -0.25) is 4.90 Å². The summed E-state index contributed by atoms with van der Waals surface area (Å²) in [6, 6.07) is 7.64. The van der Waals surface area contributed by atoms with Crippen LogP contribution in [-0.2, 0) is 16.0 Å². The van der Waals surface area contributed by atoms with Crippen molar-refractivity contribution in [2.24, 2.45) is 0 Å². The van der Waals surface area contributed by atoms with Gasteiger partial charge in [-0.1, -0.05) is 12.1 Å². The molecule has 3 rings (SSSR count). The number of urea groups is 1. The molecule has 0 radical (unpaired) electrons. The fraction of sp³-hybridized carbons (Fsp3) is 0.556. The molecule has 2 aliphatic rings. The molecule has 2 aliphatic heterocycles. The standard InChI is InChI=1S/C18H25N3O4/c1-24-17(22)16-4-2-3-15(13-16)14-19-5-7-20(8-6-19)18(23)21-9-11-25-12-10-21/h2-4,13H,5-12,14H2,1H3. The molecule has 1 aromatic carbocycles. The van der Waals surface area contributed by atoms with Gasteiger partial charge in [0.25, 0.3) is 0 Å². The van der Waals surface area contributed by atoms with Gasteiger partial charge in [-0.15, -0.1) is 0 Å². The lowest BCUT2D eigenvalue weighted by Crippen LogP contribution is -2.54. The molecule has 2 heterocycles. The lowest BCUT2D eigenvalue weighted by Gasteiger charge is -2.38. The summed E-state index contributed by atoms with van der Waals surface area (Å²) in [6.45, 7) is 6.50. The van der Waals surface area contributed by atoms with Gasteiger partial charge in [-0.25, -0.2) is 9.59 Å². The highest BCUT2D eigenvalue weighted by Crippen LogP contribution is 2.13. The monoisotopic (exact) mass is 347 g/mol. The van der Waals surface area contributed by atoms with E-state index in [4.69, 9.17) is 9.47 Å². The molecule has 0 saturated carbocycles. The molecule has 2 fully saturated rings. The molecular weight excluding hydrogens is 322 g/mol. The predicted octanol–water partition coefficient (Wildman–Crippen LogP) is 1.04. The van der Waals surface area contributed by atoms with Crippen LogP contribution in [0.1, 0.15) is 15.9 Å². The number of carbonyl (C=O) groups excluding carboxylic acids is 2. The first-order chi connectivity index (χ1) is 12.2. The Bertz CT molecular complexity index is 608. The highest BCUT2D eigenvalue weighted by molar-refractivity contribution is 5.89. The number of hydrogen-bond donors (Lipinski definition) is 0. The summed E-state index contributed by atoms with van der Waals surface area (Å²) in [6.07, 6.45) is 0. The lowest BCUT2D eigenvalue weighted by molar-refractivity contribution is 0.0373. The van der Waals surface area contributed by atoms with Crippen molar-refractivity contribution in [2.45, 2.75) is 6.54 Å². The Morgan fingerprint density at radius 1 is 1.04 bits per heavy atom. The number of hydrogen-bond acceptors (Lipinski definition) is 5. The van der Waals surface area contributed by atoms with Crippen molar-refractivity contribution in [3.63, 3.8) is 0 Å². The second-order valence-electron chi connectivity index (χ2n) is 6.34. The van der Waals surface area contributed by atoms with Gasteiger partial charge < -0.3 is 19.3 Å². The van der Waals surface area contributed by atoms with Crippen LogP contribution in [0, 0.1) is 0 Å². The van der Waals surface area contributed by atoms with E-state index < -0.39 is 0 Å². The summed E-state index contributed by atoms with van der Waals surface area (Å²) in [7, 11) is 1.39. The first kappa shape index (κ1) is 17.7. The van der Waals surface area contributed by atoms with Crippen LogP contribution < -0.4 is 0 Å². The third kappa shape index (κ3) is 4.49. The van der Waals surface area contributed by atoms with E-state index in [0.717, 1.165) is 38.3 Å². The van der Waals surface area contributed by atoms with E-state index in [1.54, 1.807) is 6.07 Å². The summed E-state index contributed by atoms with van der Waals surface area (Å²) in [5.74, 6) is -0.317. The van der Waals surface area contributed by atoms with Crippen molar-refractivity contribution in [1.82, 2.24) is 14.7 Å². The van der Waals surface area contributed by atoms with E-state index in [9.17, 15) is 9.59 Å². The smallest absolute Gasteiger partial charge is 0.337 e. The Hall–Kier alpha value is -2.12. The molecule has 0 N–H and O–H groups in total. The minimum atomic E-state index is -0.317. The molecule has 25 heavy (non-hydrogen) atoms. The van der Waals surface area contributed by atoms with Crippen LogP contribution in [0.5, 0.6) is 0 Å². The number of rotatable bonds is 3. The summed E-state index contributed by atoms with van der Waals surface area (Å²) in [5.41, 5.74) is 1.65. The number of amides is 2. The van der Waals surface area contributed by atoms with Crippen molar-refractivity contribution in [1.29, 1.82) is 0 Å². The molecule has 0 atom stereocenters. The van der Waals surface area contributed by atoms with Crippen LogP contribution in [0.2, 0.25) is 0 Å². The van der Waals surface area contributed by atoms with Gasteiger partial charge in [-0.05, 0) is 17.7 Å². The zero-order chi connectivity index (χ0) is 17.6. The van der Waals surface area contributed by atoms with Gasteiger partial charge in [0.2, 0.25) is 0 Å². The van der Waals surface area contributed by atoms with Gasteiger partial charge in [0.15, 0.2) is 0 Å². The number of morpholine rings is 1. The van der Waals surface area contributed by atoms with E-state index in [0.29, 0.717) is 31.9 Å². The van der Waals surface area contributed by atoms with E-state index in [-0.39, 0.29) is 12.0 Å². The normalized spacial score (nSPS) is 18.9. The molecule has 0 unspecified atom stereocenters. The number of carbonyl (C=O) groups is 2. The maximum Gasteiger partial charge on any atom is 0.337 e. The number of ether oxygens (including phenoxy) is 2. The minimum absolute atomic E-state index is 0.121. The van der Waals surface area contributed by atoms with Gasteiger partial charge >= 0.3 is 12.0 Å². The van der Waals surface area contributed by atoms with Crippen LogP contribution in [0.3, 0.4) is 0 Å². The molecule has 7 nitrogen and oxygen atoms in total. The molecule has 2 amide bonds. The van der Waals surface area contributed by atoms with Gasteiger partial charge in [-0.2, -0.15) is 0 Å². The molecular formula is C18H25N3O4. The first-order valence-electron chi connectivity index (χ1n) is 8.68. The number of methoxy groups -OCH3 is 1. The van der Waals surface area contributed by atoms with Crippen LogP contribution >= 0.6 is 0 Å². The Morgan fingerprint density at radius 3 is 2.40 bits per heavy atom. The average molecular weight is 347 g/mol. The van der Waals surface area contributed by atoms with Crippen LogP contribution in [-0.4, -0.2) is 86.3 Å². The number of nitrogens with zero attached hydrogens (tertiary/aromatic N) is 3. The van der Waals surface area contributed by atoms with Crippen LogP contribution in [0.15, 0.2) is 24.3 Å². The Balaban J connectivity index is 1.51. The maximum absolute atomic E-state index is 12.5. The Morgan fingerprint density at radius 2 is 1.72 bits per heavy atom. The molecule has 1 aromatic rings. The van der Waals surface area contributed by atoms with Crippen molar-refractivity contribution in [3.8, 4) is 0 Å². The molecule has 0 spiro atoms. The van der Waals surface area contributed by atoms with Gasteiger partial charge in [0, 0.05) is 45.8 Å². The largest absolute Gasteiger partial charge is 0.465 e. The third-order valence-corrected chi connectivity index (χ3v) is 4.68. The Kier molecular flexibility index (Phi) is 5.88. The van der Waals surface area contributed by atoms with Crippen LogP contribution in [0.4, 0.5) is 4.79 Å². The van der Waals surface area contributed by atoms with Crippen molar-refractivity contribution in [3.05, 3.63) is 35.4 Å². The predicted molar refractivity (Wildman–Crippen MR) is 92.4 cm³/mol. The zero-order valence-corrected chi connectivity index (χ0v) is 14.6.